The lowest BCUT2D eigenvalue weighted by Gasteiger charge is -2.04. The number of nitro benzene ring substituents is 1. The average Bonchev–Trinajstić information content (AvgIpc) is 2.99. The predicted octanol–water partition coefficient (Wildman–Crippen LogP) is 3.69. The number of fused-ring (bicyclic) bond motifs is 1. The second kappa shape index (κ2) is 5.94. The Hall–Kier alpha value is -3.11. The molecule has 1 unspecified atom stereocenters. The Kier molecular flexibility index (Phi) is 3.83. The fourth-order valence-electron chi connectivity index (χ4n) is 2.15. The molecule has 112 valence electrons. The van der Waals surface area contributed by atoms with Crippen LogP contribution in [-0.4, -0.2) is 15.7 Å². The van der Waals surface area contributed by atoms with Gasteiger partial charge < -0.3 is 0 Å². The molecule has 0 spiro atoms. The first-order valence-corrected chi connectivity index (χ1v) is 7.45. The Morgan fingerprint density at radius 2 is 1.91 bits per heavy atom. The Labute approximate surface area is 134 Å². The number of nitro groups is 1. The highest BCUT2D eigenvalue weighted by atomic mass is 32.1. The standard InChI is InChI=1S/C16H9N3O3S/c17-9-12(16-18-13-3-1-2-4-14(13)23-16)15(20)10-5-7-11(8-6-10)19(21)22/h1-8,12H. The highest BCUT2D eigenvalue weighted by Gasteiger charge is 2.25. The summed E-state index contributed by atoms with van der Waals surface area (Å²) in [6, 6.07) is 14.6. The first-order chi connectivity index (χ1) is 11.1. The van der Waals surface area contributed by atoms with Crippen LogP contribution in [0.5, 0.6) is 0 Å². The molecule has 0 fully saturated rings. The Bertz CT molecular complexity index is 908. The first-order valence-electron chi connectivity index (χ1n) is 6.64. The van der Waals surface area contributed by atoms with Crippen molar-refractivity contribution >= 4 is 33.0 Å². The van der Waals surface area contributed by atoms with E-state index in [0.717, 1.165) is 10.2 Å². The van der Waals surface area contributed by atoms with Crippen LogP contribution in [0.25, 0.3) is 10.2 Å². The zero-order valence-corrected chi connectivity index (χ0v) is 12.5. The fraction of sp³-hybridized carbons (Fsp3) is 0.0625. The van der Waals surface area contributed by atoms with E-state index in [1.165, 1.54) is 35.6 Å². The minimum Gasteiger partial charge on any atom is -0.292 e. The summed E-state index contributed by atoms with van der Waals surface area (Å²) in [6.07, 6.45) is 0. The summed E-state index contributed by atoms with van der Waals surface area (Å²) < 4.78 is 0.902. The van der Waals surface area contributed by atoms with E-state index in [4.69, 9.17) is 0 Å². The van der Waals surface area contributed by atoms with Gasteiger partial charge in [-0.05, 0) is 24.3 Å². The number of hydrogen-bond donors (Lipinski definition) is 0. The van der Waals surface area contributed by atoms with E-state index in [2.05, 4.69) is 4.98 Å². The number of benzene rings is 2. The molecule has 0 aliphatic carbocycles. The highest BCUT2D eigenvalue weighted by Crippen LogP contribution is 2.29. The molecule has 7 heteroatoms. The van der Waals surface area contributed by atoms with Crippen LogP contribution in [0.3, 0.4) is 0 Å². The molecular formula is C16H9N3O3S. The molecule has 3 aromatic rings. The molecule has 0 aliphatic rings. The van der Waals surface area contributed by atoms with Crippen molar-refractivity contribution in [1.82, 2.24) is 4.98 Å². The number of para-hydroxylation sites is 1. The normalized spacial score (nSPS) is 11.8. The van der Waals surface area contributed by atoms with Crippen molar-refractivity contribution in [3.8, 4) is 6.07 Å². The van der Waals surface area contributed by atoms with Crippen LogP contribution in [0.4, 0.5) is 5.69 Å². The maximum Gasteiger partial charge on any atom is 0.269 e. The van der Waals surface area contributed by atoms with Gasteiger partial charge in [0, 0.05) is 17.7 Å². The number of nitriles is 1. The summed E-state index contributed by atoms with van der Waals surface area (Å²) >= 11 is 1.30. The van der Waals surface area contributed by atoms with Crippen LogP contribution in [0.1, 0.15) is 21.3 Å². The van der Waals surface area contributed by atoms with Crippen LogP contribution in [-0.2, 0) is 0 Å². The number of thiazole rings is 1. The minimum absolute atomic E-state index is 0.102. The number of Topliss-reactive ketones (excluding diaryl/α,β-unsaturated/α-hetero) is 1. The van der Waals surface area contributed by atoms with Gasteiger partial charge in [-0.2, -0.15) is 5.26 Å². The van der Waals surface area contributed by atoms with Crippen LogP contribution >= 0.6 is 11.3 Å². The largest absolute Gasteiger partial charge is 0.292 e. The molecule has 6 nitrogen and oxygen atoms in total. The molecule has 1 atom stereocenters. The summed E-state index contributed by atoms with van der Waals surface area (Å²) in [7, 11) is 0. The fourth-order valence-corrected chi connectivity index (χ4v) is 3.17. The molecule has 23 heavy (non-hydrogen) atoms. The molecule has 1 heterocycles. The molecule has 0 radical (unpaired) electrons. The zero-order chi connectivity index (χ0) is 16.4. The highest BCUT2D eigenvalue weighted by molar-refractivity contribution is 7.18. The van der Waals surface area contributed by atoms with Crippen LogP contribution in [0, 0.1) is 21.4 Å². The van der Waals surface area contributed by atoms with Crippen molar-refractivity contribution in [2.45, 2.75) is 5.92 Å². The summed E-state index contributed by atoms with van der Waals surface area (Å²) in [5.74, 6) is -1.43. The van der Waals surface area contributed by atoms with Crippen molar-refractivity contribution in [2.24, 2.45) is 0 Å². The first kappa shape index (κ1) is 14.8. The average molecular weight is 323 g/mol. The lowest BCUT2D eigenvalue weighted by molar-refractivity contribution is -0.384. The molecule has 0 bridgehead atoms. The summed E-state index contributed by atoms with van der Waals surface area (Å²) in [4.78, 5) is 27.0. The summed E-state index contributed by atoms with van der Waals surface area (Å²) in [6.45, 7) is 0. The Balaban J connectivity index is 1.95. The quantitative estimate of drug-likeness (QED) is 0.414. The number of ketones is 1. The molecule has 0 aliphatic heterocycles. The minimum atomic E-state index is -1.02. The third-order valence-corrected chi connectivity index (χ3v) is 4.41. The van der Waals surface area contributed by atoms with Crippen LogP contribution in [0.2, 0.25) is 0 Å². The van der Waals surface area contributed by atoms with Gasteiger partial charge in [-0.1, -0.05) is 12.1 Å². The van der Waals surface area contributed by atoms with Gasteiger partial charge in [0.2, 0.25) is 0 Å². The van der Waals surface area contributed by atoms with E-state index >= 15 is 0 Å². The van der Waals surface area contributed by atoms with Crippen LogP contribution < -0.4 is 0 Å². The SMILES string of the molecule is N#CC(C(=O)c1ccc([N+](=O)[O-])cc1)c1nc2ccccc2s1. The number of carbonyl (C=O) groups is 1. The molecule has 1 aromatic heterocycles. The van der Waals surface area contributed by atoms with Crippen molar-refractivity contribution in [1.29, 1.82) is 5.26 Å². The topological polar surface area (TPSA) is 96.9 Å². The zero-order valence-electron chi connectivity index (χ0n) is 11.7. The molecule has 0 amide bonds. The molecule has 0 saturated carbocycles. The van der Waals surface area contributed by atoms with Gasteiger partial charge in [0.25, 0.3) is 5.69 Å². The number of non-ortho nitro benzene ring substituents is 1. The molecule has 2 aromatic carbocycles. The number of rotatable bonds is 4. The van der Waals surface area contributed by atoms with Gasteiger partial charge in [0.1, 0.15) is 5.01 Å². The van der Waals surface area contributed by atoms with E-state index in [1.807, 2.05) is 30.3 Å². The van der Waals surface area contributed by atoms with E-state index < -0.39 is 16.6 Å². The van der Waals surface area contributed by atoms with Crippen molar-refractivity contribution < 1.29 is 9.72 Å². The Morgan fingerprint density at radius 3 is 2.52 bits per heavy atom. The van der Waals surface area contributed by atoms with E-state index in [0.29, 0.717) is 5.01 Å². The smallest absolute Gasteiger partial charge is 0.269 e. The number of aromatic nitrogens is 1. The maximum absolute atomic E-state index is 12.5. The number of hydrogen-bond acceptors (Lipinski definition) is 6. The van der Waals surface area contributed by atoms with E-state index in [-0.39, 0.29) is 11.3 Å². The molecular weight excluding hydrogens is 314 g/mol. The monoisotopic (exact) mass is 323 g/mol. The molecule has 3 rings (SSSR count). The van der Waals surface area contributed by atoms with E-state index in [9.17, 15) is 20.2 Å². The van der Waals surface area contributed by atoms with Gasteiger partial charge in [0.05, 0.1) is 21.2 Å². The lowest BCUT2D eigenvalue weighted by atomic mass is 9.99. The van der Waals surface area contributed by atoms with Crippen LogP contribution in [0.15, 0.2) is 48.5 Å². The number of nitrogens with zero attached hydrogens (tertiary/aromatic N) is 3. The molecule has 0 N–H and O–H groups in total. The maximum atomic E-state index is 12.5. The van der Waals surface area contributed by atoms with Gasteiger partial charge >= 0.3 is 0 Å². The summed E-state index contributed by atoms with van der Waals surface area (Å²) in [5, 5.41) is 20.4. The second-order valence-electron chi connectivity index (χ2n) is 4.75. The Morgan fingerprint density at radius 1 is 1.22 bits per heavy atom. The second-order valence-corrected chi connectivity index (χ2v) is 5.81. The van der Waals surface area contributed by atoms with Gasteiger partial charge in [-0.3, -0.25) is 14.9 Å². The summed E-state index contributed by atoms with van der Waals surface area (Å²) in [5.41, 5.74) is 0.890. The van der Waals surface area contributed by atoms with Crippen molar-refractivity contribution in [3.63, 3.8) is 0 Å². The molecule has 0 saturated heterocycles. The third kappa shape index (κ3) is 2.80. The van der Waals surface area contributed by atoms with E-state index in [1.54, 1.807) is 0 Å². The number of carbonyl (C=O) groups excluding carboxylic acids is 1. The lowest BCUT2D eigenvalue weighted by Crippen LogP contribution is -2.11. The van der Waals surface area contributed by atoms with Gasteiger partial charge in [-0.25, -0.2) is 4.98 Å². The predicted molar refractivity (Wildman–Crippen MR) is 85.4 cm³/mol. The van der Waals surface area contributed by atoms with Gasteiger partial charge in [0.15, 0.2) is 11.7 Å². The third-order valence-electron chi connectivity index (χ3n) is 3.31. The van der Waals surface area contributed by atoms with Crippen molar-refractivity contribution in [2.75, 3.05) is 0 Å². The van der Waals surface area contributed by atoms with Gasteiger partial charge in [-0.15, -0.1) is 11.3 Å². The van der Waals surface area contributed by atoms with Crippen molar-refractivity contribution in [3.05, 3.63) is 69.2 Å².